The van der Waals surface area contributed by atoms with Crippen molar-refractivity contribution < 1.29 is 5.11 Å². The molecule has 2 heterocycles. The quantitative estimate of drug-likeness (QED) is 0.886. The first kappa shape index (κ1) is 14.5. The van der Waals surface area contributed by atoms with E-state index in [1.54, 1.807) is 12.5 Å². The number of nitrogens with zero attached hydrogens (tertiary/aromatic N) is 4. The number of hydrogen-bond acceptors (Lipinski definition) is 5. The lowest BCUT2D eigenvalue weighted by Crippen LogP contribution is -2.44. The summed E-state index contributed by atoms with van der Waals surface area (Å²) >= 11 is 6.12. The Morgan fingerprint density at radius 1 is 1.47 bits per heavy atom. The minimum absolute atomic E-state index is 0.264. The molecule has 0 aliphatic carbocycles. The summed E-state index contributed by atoms with van der Waals surface area (Å²) in [5.74, 6) is 0.841. The minimum Gasteiger partial charge on any atom is -0.396 e. The topological polar surface area (TPSA) is 52.5 Å². The molecular weight excluding hydrogens is 264 g/mol. The van der Waals surface area contributed by atoms with Crippen LogP contribution in [-0.2, 0) is 0 Å². The zero-order valence-electron chi connectivity index (χ0n) is 11.3. The van der Waals surface area contributed by atoms with E-state index in [-0.39, 0.29) is 6.61 Å². The molecule has 0 amide bonds. The van der Waals surface area contributed by atoms with E-state index < -0.39 is 0 Å². The zero-order valence-corrected chi connectivity index (χ0v) is 12.1. The zero-order chi connectivity index (χ0) is 13.7. The van der Waals surface area contributed by atoms with Gasteiger partial charge in [-0.15, -0.1) is 0 Å². The fraction of sp³-hybridized carbons (Fsp3) is 0.692. The molecule has 1 aromatic rings. The first-order chi connectivity index (χ1) is 9.22. The van der Waals surface area contributed by atoms with Gasteiger partial charge in [-0.1, -0.05) is 11.6 Å². The Bertz CT molecular complexity index is 396. The van der Waals surface area contributed by atoms with Crippen molar-refractivity contribution in [3.8, 4) is 0 Å². The highest BCUT2D eigenvalue weighted by Crippen LogP contribution is 2.25. The summed E-state index contributed by atoms with van der Waals surface area (Å²) in [6.07, 6.45) is 6.23. The van der Waals surface area contributed by atoms with Gasteiger partial charge in [-0.3, -0.25) is 0 Å². The highest BCUT2D eigenvalue weighted by atomic mass is 35.5. The van der Waals surface area contributed by atoms with Crippen LogP contribution in [0, 0.1) is 0 Å². The molecule has 19 heavy (non-hydrogen) atoms. The standard InChI is InChI=1S/C13H21ClN4O/c1-17(5-2-8-19)11-3-6-18(7-4-11)13-12(14)9-15-10-16-13/h9-11,19H,2-8H2,1H3. The maximum absolute atomic E-state index is 8.87. The van der Waals surface area contributed by atoms with Crippen LogP contribution in [0.1, 0.15) is 19.3 Å². The van der Waals surface area contributed by atoms with Crippen molar-refractivity contribution in [2.75, 3.05) is 38.2 Å². The van der Waals surface area contributed by atoms with Gasteiger partial charge >= 0.3 is 0 Å². The number of anilines is 1. The molecule has 1 aliphatic rings. The molecule has 6 heteroatoms. The van der Waals surface area contributed by atoms with Crippen molar-refractivity contribution in [3.05, 3.63) is 17.5 Å². The third-order valence-electron chi connectivity index (χ3n) is 3.70. The predicted molar refractivity (Wildman–Crippen MR) is 76.6 cm³/mol. The van der Waals surface area contributed by atoms with Gasteiger partial charge in [-0.2, -0.15) is 0 Å². The monoisotopic (exact) mass is 284 g/mol. The molecule has 1 fully saturated rings. The van der Waals surface area contributed by atoms with E-state index in [9.17, 15) is 0 Å². The van der Waals surface area contributed by atoms with Crippen LogP contribution >= 0.6 is 11.6 Å². The highest BCUT2D eigenvalue weighted by molar-refractivity contribution is 6.32. The van der Waals surface area contributed by atoms with Crippen LogP contribution in [0.5, 0.6) is 0 Å². The Morgan fingerprint density at radius 3 is 2.84 bits per heavy atom. The second-order valence-electron chi connectivity index (χ2n) is 4.97. The molecule has 0 unspecified atom stereocenters. The van der Waals surface area contributed by atoms with Crippen LogP contribution in [0.25, 0.3) is 0 Å². The largest absolute Gasteiger partial charge is 0.396 e. The second-order valence-corrected chi connectivity index (χ2v) is 5.38. The summed E-state index contributed by atoms with van der Waals surface area (Å²) in [4.78, 5) is 12.7. The van der Waals surface area contributed by atoms with Gasteiger partial charge in [0.1, 0.15) is 11.3 Å². The normalized spacial score (nSPS) is 17.2. The molecule has 0 spiro atoms. The molecule has 106 valence electrons. The van der Waals surface area contributed by atoms with Crippen LogP contribution < -0.4 is 4.90 Å². The van der Waals surface area contributed by atoms with Crippen molar-refractivity contribution in [2.45, 2.75) is 25.3 Å². The number of piperidine rings is 1. The average Bonchev–Trinajstić information content (AvgIpc) is 2.45. The van der Waals surface area contributed by atoms with Crippen LogP contribution in [0.2, 0.25) is 5.02 Å². The third-order valence-corrected chi connectivity index (χ3v) is 3.97. The molecule has 0 bridgehead atoms. The van der Waals surface area contributed by atoms with Crippen LogP contribution in [0.3, 0.4) is 0 Å². The fourth-order valence-electron chi connectivity index (χ4n) is 2.56. The van der Waals surface area contributed by atoms with E-state index in [1.165, 1.54) is 0 Å². The molecule has 0 atom stereocenters. The number of halogens is 1. The van der Waals surface area contributed by atoms with Crippen molar-refractivity contribution in [2.24, 2.45) is 0 Å². The number of hydrogen-bond donors (Lipinski definition) is 1. The molecule has 0 saturated carbocycles. The van der Waals surface area contributed by atoms with Gasteiger partial charge in [0.25, 0.3) is 0 Å². The van der Waals surface area contributed by atoms with Gasteiger partial charge in [0.2, 0.25) is 0 Å². The van der Waals surface area contributed by atoms with Crippen molar-refractivity contribution in [1.29, 1.82) is 0 Å². The van der Waals surface area contributed by atoms with E-state index >= 15 is 0 Å². The van der Waals surface area contributed by atoms with Crippen molar-refractivity contribution in [3.63, 3.8) is 0 Å². The molecule has 1 saturated heterocycles. The summed E-state index contributed by atoms with van der Waals surface area (Å²) in [6, 6.07) is 0.586. The third kappa shape index (κ3) is 3.78. The maximum atomic E-state index is 8.87. The Labute approximate surface area is 119 Å². The van der Waals surface area contributed by atoms with Crippen molar-refractivity contribution in [1.82, 2.24) is 14.9 Å². The van der Waals surface area contributed by atoms with E-state index in [0.29, 0.717) is 11.1 Å². The molecule has 0 radical (unpaired) electrons. The van der Waals surface area contributed by atoms with Gasteiger partial charge in [-0.25, -0.2) is 9.97 Å². The Morgan fingerprint density at radius 2 is 2.21 bits per heavy atom. The Kier molecular flexibility index (Phi) is 5.36. The van der Waals surface area contributed by atoms with Gasteiger partial charge in [0, 0.05) is 32.3 Å². The molecule has 1 aliphatic heterocycles. The average molecular weight is 285 g/mol. The van der Waals surface area contributed by atoms with E-state index in [0.717, 1.165) is 44.7 Å². The SMILES string of the molecule is CN(CCCO)C1CCN(c2ncncc2Cl)CC1. The van der Waals surface area contributed by atoms with E-state index in [2.05, 4.69) is 26.8 Å². The van der Waals surface area contributed by atoms with E-state index in [4.69, 9.17) is 16.7 Å². The van der Waals surface area contributed by atoms with Crippen LogP contribution in [0.15, 0.2) is 12.5 Å². The van der Waals surface area contributed by atoms with Crippen molar-refractivity contribution >= 4 is 17.4 Å². The molecule has 1 N–H and O–H groups in total. The molecule has 1 aromatic heterocycles. The fourth-order valence-corrected chi connectivity index (χ4v) is 2.78. The lowest BCUT2D eigenvalue weighted by atomic mass is 10.0. The Hall–Kier alpha value is -0.910. The van der Waals surface area contributed by atoms with Gasteiger partial charge in [0.05, 0.1) is 6.20 Å². The molecule has 2 rings (SSSR count). The molecule has 5 nitrogen and oxygen atoms in total. The molecule has 0 aromatic carbocycles. The second kappa shape index (κ2) is 7.03. The van der Waals surface area contributed by atoms with Gasteiger partial charge < -0.3 is 14.9 Å². The summed E-state index contributed by atoms with van der Waals surface area (Å²) in [5.41, 5.74) is 0. The van der Waals surface area contributed by atoms with Gasteiger partial charge in [0.15, 0.2) is 5.82 Å². The number of rotatable bonds is 5. The number of aromatic nitrogens is 2. The Balaban J connectivity index is 1.87. The maximum Gasteiger partial charge on any atom is 0.150 e. The lowest BCUT2D eigenvalue weighted by molar-refractivity contribution is 0.184. The van der Waals surface area contributed by atoms with Gasteiger partial charge in [-0.05, 0) is 26.3 Å². The van der Waals surface area contributed by atoms with E-state index in [1.807, 2.05) is 0 Å². The summed E-state index contributed by atoms with van der Waals surface area (Å²) in [7, 11) is 2.13. The highest BCUT2D eigenvalue weighted by Gasteiger charge is 2.23. The lowest BCUT2D eigenvalue weighted by Gasteiger charge is -2.37. The number of aliphatic hydroxyl groups is 1. The van der Waals surface area contributed by atoms with Crippen LogP contribution in [-0.4, -0.2) is 59.3 Å². The smallest absolute Gasteiger partial charge is 0.150 e. The predicted octanol–water partition coefficient (Wildman–Crippen LogP) is 1.41. The first-order valence-electron chi connectivity index (χ1n) is 6.74. The first-order valence-corrected chi connectivity index (χ1v) is 7.11. The van der Waals surface area contributed by atoms with Crippen LogP contribution in [0.4, 0.5) is 5.82 Å². The molecular formula is C13H21ClN4O. The number of aliphatic hydroxyl groups excluding tert-OH is 1. The summed E-state index contributed by atoms with van der Waals surface area (Å²) < 4.78 is 0. The summed E-state index contributed by atoms with van der Waals surface area (Å²) in [5, 5.41) is 9.49. The summed E-state index contributed by atoms with van der Waals surface area (Å²) in [6.45, 7) is 3.14. The minimum atomic E-state index is 0.264.